The molecule has 1 aliphatic rings. The first-order chi connectivity index (χ1) is 9.91. The van der Waals surface area contributed by atoms with Crippen LogP contribution in [0.1, 0.15) is 18.1 Å². The van der Waals surface area contributed by atoms with Crippen molar-refractivity contribution in [2.24, 2.45) is 0 Å². The fourth-order valence-electron chi connectivity index (χ4n) is 2.45. The van der Waals surface area contributed by atoms with Gasteiger partial charge in [0.15, 0.2) is 0 Å². The van der Waals surface area contributed by atoms with Gasteiger partial charge in [0.05, 0.1) is 11.5 Å². The van der Waals surface area contributed by atoms with E-state index in [1.165, 1.54) is 16.4 Å². The Bertz CT molecular complexity index is 867. The molecule has 1 radical (unpaired) electrons. The second kappa shape index (κ2) is 6.98. The minimum atomic E-state index is -4.33. The third-order valence-electron chi connectivity index (χ3n) is 3.36. The van der Waals surface area contributed by atoms with Gasteiger partial charge in [0.2, 0.25) is 0 Å². The van der Waals surface area contributed by atoms with E-state index in [4.69, 9.17) is 17.0 Å². The van der Waals surface area contributed by atoms with Crippen LogP contribution >= 0.6 is 32.9 Å². The summed E-state index contributed by atoms with van der Waals surface area (Å²) < 4.78 is 38.8. The number of rotatable bonds is 3. The molecule has 1 aromatic heterocycles. The molecule has 3 rings (SSSR count). The average Bonchev–Trinajstić information content (AvgIpc) is 2.79. The Morgan fingerprint density at radius 2 is 2.05 bits per heavy atom. The molecular weight excluding hydrogens is 371 g/mol. The van der Waals surface area contributed by atoms with Crippen LogP contribution in [-0.2, 0) is 23.0 Å². The molecule has 1 N–H and O–H groups in total. The number of aryl methyl sites for hydroxylation is 1. The Balaban J connectivity index is 0.00000176. The summed E-state index contributed by atoms with van der Waals surface area (Å²) in [5, 5.41) is 0. The maximum atomic E-state index is 11.6. The first kappa shape index (κ1) is 18.5. The smallest absolute Gasteiger partial charge is 0.298 e. The Hall–Kier alpha value is 0.200. The van der Waals surface area contributed by atoms with E-state index in [-0.39, 0.29) is 40.2 Å². The minimum absolute atomic E-state index is 0. The molecule has 0 spiro atoms. The first-order valence-corrected chi connectivity index (χ1v) is 10.3. The van der Waals surface area contributed by atoms with Crippen LogP contribution in [0, 0.1) is 3.82 Å². The molecule has 22 heavy (non-hydrogen) atoms. The van der Waals surface area contributed by atoms with E-state index in [1.807, 2.05) is 0 Å². The van der Waals surface area contributed by atoms with Crippen molar-refractivity contribution < 1.29 is 17.7 Å². The standard InChI is InChI=1S/C13H12O4S4.Na/c1-2-17-10-5-7-3-4-8-12(19-20-13(8)18)9(7)6-11(10)21(14,15)16;/h5-6H,2-4H2,1H3,(H,14,15,16);. The molecule has 0 unspecified atom stereocenters. The zero-order valence-electron chi connectivity index (χ0n) is 12.1. The van der Waals surface area contributed by atoms with Gasteiger partial charge in [-0.3, -0.25) is 4.55 Å². The van der Waals surface area contributed by atoms with Gasteiger partial charge in [-0.15, -0.1) is 0 Å². The largest absolute Gasteiger partial charge is 0.492 e. The van der Waals surface area contributed by atoms with Gasteiger partial charge < -0.3 is 4.74 Å². The number of hydrogen-bond acceptors (Lipinski definition) is 6. The van der Waals surface area contributed by atoms with Gasteiger partial charge in [-0.2, -0.15) is 8.42 Å². The molecule has 0 bridgehead atoms. The summed E-state index contributed by atoms with van der Waals surface area (Å²) in [6, 6.07) is 3.23. The zero-order valence-corrected chi connectivity index (χ0v) is 17.3. The summed E-state index contributed by atoms with van der Waals surface area (Å²) in [6.45, 7) is 2.11. The zero-order chi connectivity index (χ0) is 15.2. The van der Waals surface area contributed by atoms with E-state index < -0.39 is 10.1 Å². The van der Waals surface area contributed by atoms with Crippen LogP contribution in [0.4, 0.5) is 0 Å². The molecule has 0 amide bonds. The van der Waals surface area contributed by atoms with Crippen LogP contribution < -0.4 is 4.74 Å². The van der Waals surface area contributed by atoms with E-state index in [0.717, 1.165) is 38.2 Å². The van der Waals surface area contributed by atoms with Crippen LogP contribution in [-0.4, -0.2) is 49.1 Å². The first-order valence-electron chi connectivity index (χ1n) is 6.31. The van der Waals surface area contributed by atoms with E-state index in [0.29, 0.717) is 6.61 Å². The molecule has 2 aromatic rings. The van der Waals surface area contributed by atoms with Gasteiger partial charge >= 0.3 is 0 Å². The van der Waals surface area contributed by atoms with E-state index in [2.05, 4.69) is 0 Å². The summed E-state index contributed by atoms with van der Waals surface area (Å²) in [6.07, 6.45) is 1.65. The van der Waals surface area contributed by atoms with Gasteiger partial charge in [-0.05, 0) is 43.0 Å². The van der Waals surface area contributed by atoms with Crippen LogP contribution in [0.15, 0.2) is 17.0 Å². The van der Waals surface area contributed by atoms with Crippen LogP contribution in [0.2, 0.25) is 0 Å². The summed E-state index contributed by atoms with van der Waals surface area (Å²) in [5.74, 6) is 0.209. The van der Waals surface area contributed by atoms with Gasteiger partial charge in [0.25, 0.3) is 10.1 Å². The molecule has 1 aliphatic carbocycles. The SMILES string of the molecule is CCOc1cc2c(cc1S(=O)(=O)O)-c1ssc(=S)c1CC2.[Na]. The Morgan fingerprint density at radius 3 is 2.68 bits per heavy atom. The molecule has 9 heteroatoms. The molecule has 0 atom stereocenters. The predicted molar refractivity (Wildman–Crippen MR) is 92.6 cm³/mol. The summed E-state index contributed by atoms with van der Waals surface area (Å²) in [4.78, 5) is 0.833. The minimum Gasteiger partial charge on any atom is -0.492 e. The molecule has 0 fully saturated rings. The summed E-state index contributed by atoms with van der Waals surface area (Å²) >= 11 is 5.31. The molecule has 1 heterocycles. The van der Waals surface area contributed by atoms with Crippen molar-refractivity contribution >= 4 is 72.6 Å². The second-order valence-electron chi connectivity index (χ2n) is 4.63. The predicted octanol–water partition coefficient (Wildman–Crippen LogP) is 3.57. The van der Waals surface area contributed by atoms with Crippen molar-refractivity contribution in [3.63, 3.8) is 0 Å². The van der Waals surface area contributed by atoms with E-state index in [9.17, 15) is 13.0 Å². The number of ether oxygens (including phenoxy) is 1. The van der Waals surface area contributed by atoms with Gasteiger partial charge in [-0.25, -0.2) is 0 Å². The van der Waals surface area contributed by atoms with Crippen LogP contribution in [0.5, 0.6) is 5.75 Å². The average molecular weight is 383 g/mol. The van der Waals surface area contributed by atoms with Crippen LogP contribution in [0.3, 0.4) is 0 Å². The number of benzene rings is 1. The van der Waals surface area contributed by atoms with Gasteiger partial charge in [-0.1, -0.05) is 32.9 Å². The molecule has 1 aromatic carbocycles. The third kappa shape index (κ3) is 3.34. The third-order valence-corrected chi connectivity index (χ3v) is 7.41. The topological polar surface area (TPSA) is 63.6 Å². The van der Waals surface area contributed by atoms with Gasteiger partial charge in [0.1, 0.15) is 14.5 Å². The fourth-order valence-corrected chi connectivity index (χ4v) is 6.12. The Labute approximate surface area is 163 Å². The van der Waals surface area contributed by atoms with E-state index >= 15 is 0 Å². The monoisotopic (exact) mass is 383 g/mol. The quantitative estimate of drug-likeness (QED) is 0.380. The summed E-state index contributed by atoms with van der Waals surface area (Å²) in [7, 11) is -1.25. The molecule has 113 valence electrons. The van der Waals surface area contributed by atoms with Crippen molar-refractivity contribution in [1.29, 1.82) is 0 Å². The molecule has 0 saturated carbocycles. The fraction of sp³-hybridized carbons (Fsp3) is 0.308. The van der Waals surface area contributed by atoms with Crippen molar-refractivity contribution in [2.75, 3.05) is 6.61 Å². The molecular formula is C13H12NaO4S4. The Morgan fingerprint density at radius 1 is 1.32 bits per heavy atom. The van der Waals surface area contributed by atoms with E-state index in [1.54, 1.807) is 23.3 Å². The van der Waals surface area contributed by atoms with Crippen LogP contribution in [0.25, 0.3) is 10.4 Å². The maximum absolute atomic E-state index is 11.6. The van der Waals surface area contributed by atoms with Crippen molar-refractivity contribution in [1.82, 2.24) is 0 Å². The summed E-state index contributed by atoms with van der Waals surface area (Å²) in [5.41, 5.74) is 2.98. The maximum Gasteiger partial charge on any atom is 0.298 e. The van der Waals surface area contributed by atoms with Crippen molar-refractivity contribution in [2.45, 2.75) is 24.7 Å². The number of hydrogen-bond donors (Lipinski definition) is 1. The molecule has 0 saturated heterocycles. The van der Waals surface area contributed by atoms with Crippen molar-refractivity contribution in [3.05, 3.63) is 27.1 Å². The molecule has 0 aliphatic heterocycles. The van der Waals surface area contributed by atoms with Crippen molar-refractivity contribution in [3.8, 4) is 16.2 Å². The normalized spacial score (nSPS) is 13.0. The second-order valence-corrected chi connectivity index (χ2v) is 8.83. The van der Waals surface area contributed by atoms with Gasteiger partial charge in [0, 0.05) is 35.1 Å². The Kier molecular flexibility index (Phi) is 5.88. The molecule has 4 nitrogen and oxygen atoms in total. The number of fused-ring (bicyclic) bond motifs is 3.